The second kappa shape index (κ2) is 4.11. The average Bonchev–Trinajstić information content (AvgIpc) is 2.71. The summed E-state index contributed by atoms with van der Waals surface area (Å²) < 4.78 is 29.3. The van der Waals surface area contributed by atoms with E-state index < -0.39 is 23.5 Å². The molecule has 3 fully saturated rings. The molecule has 0 amide bonds. The Kier molecular flexibility index (Phi) is 2.96. The fourth-order valence-electron chi connectivity index (χ4n) is 3.09. The molecule has 0 aromatic carbocycles. The lowest BCUT2D eigenvalue weighted by molar-refractivity contribution is -0.283. The van der Waals surface area contributed by atoms with E-state index in [1.807, 2.05) is 27.7 Å². The number of ether oxygens (including phenoxy) is 5. The lowest BCUT2D eigenvalue weighted by Gasteiger charge is -2.40. The van der Waals surface area contributed by atoms with E-state index in [0.29, 0.717) is 6.61 Å². The molecule has 0 spiro atoms. The van der Waals surface area contributed by atoms with Gasteiger partial charge >= 0.3 is 0 Å². The summed E-state index contributed by atoms with van der Waals surface area (Å²) >= 11 is 0. The predicted molar refractivity (Wildman–Crippen MR) is 62.3 cm³/mol. The first-order valence-corrected chi connectivity index (χ1v) is 6.51. The van der Waals surface area contributed by atoms with Gasteiger partial charge in [-0.2, -0.15) is 0 Å². The summed E-state index contributed by atoms with van der Waals surface area (Å²) in [5, 5.41) is 9.04. The van der Waals surface area contributed by atoms with Crippen molar-refractivity contribution >= 4 is 0 Å². The predicted octanol–water partition coefficient (Wildman–Crippen LogP) is 0.363. The second-order valence-corrected chi connectivity index (χ2v) is 6.14. The van der Waals surface area contributed by atoms with E-state index in [1.54, 1.807) is 0 Å². The standard InChI is InChI=1S/C12H21NO6/c1-10(2)16-7-5-15-12(6-13-14)9(8(7)17-10)18-11(3,4)19-12/h7-9,13-14H,5-6H2,1-4H3/t7-,8+,9+,12-/m0/s1. The van der Waals surface area contributed by atoms with Crippen LogP contribution in [0.2, 0.25) is 0 Å². The molecule has 0 aromatic rings. The van der Waals surface area contributed by atoms with Crippen molar-refractivity contribution < 1.29 is 28.9 Å². The summed E-state index contributed by atoms with van der Waals surface area (Å²) in [6, 6.07) is 0. The third-order valence-electron chi connectivity index (χ3n) is 3.60. The highest BCUT2D eigenvalue weighted by molar-refractivity contribution is 5.03. The summed E-state index contributed by atoms with van der Waals surface area (Å²) in [5.74, 6) is -2.52. The van der Waals surface area contributed by atoms with E-state index >= 15 is 0 Å². The number of rotatable bonds is 2. The Morgan fingerprint density at radius 3 is 2.53 bits per heavy atom. The maximum atomic E-state index is 9.04. The first kappa shape index (κ1) is 13.7. The van der Waals surface area contributed by atoms with Crippen molar-refractivity contribution in [3.8, 4) is 0 Å². The third-order valence-corrected chi connectivity index (χ3v) is 3.60. The molecule has 0 saturated carbocycles. The van der Waals surface area contributed by atoms with Crippen molar-refractivity contribution in [3.05, 3.63) is 0 Å². The Hall–Kier alpha value is -0.280. The van der Waals surface area contributed by atoms with Gasteiger partial charge in [0.15, 0.2) is 11.6 Å². The molecule has 3 aliphatic heterocycles. The van der Waals surface area contributed by atoms with Crippen LogP contribution in [-0.2, 0) is 23.7 Å². The number of hydroxylamine groups is 1. The quantitative estimate of drug-likeness (QED) is 0.705. The lowest BCUT2D eigenvalue weighted by atomic mass is 9.97. The Balaban J connectivity index is 1.89. The highest BCUT2D eigenvalue weighted by atomic mass is 16.9. The summed E-state index contributed by atoms with van der Waals surface area (Å²) in [6.45, 7) is 7.78. The van der Waals surface area contributed by atoms with Crippen LogP contribution < -0.4 is 5.48 Å². The Morgan fingerprint density at radius 2 is 1.84 bits per heavy atom. The van der Waals surface area contributed by atoms with E-state index in [0.717, 1.165) is 0 Å². The van der Waals surface area contributed by atoms with Gasteiger partial charge in [-0.25, -0.2) is 5.48 Å². The van der Waals surface area contributed by atoms with Crippen molar-refractivity contribution in [1.29, 1.82) is 0 Å². The number of fused-ring (bicyclic) bond motifs is 3. The van der Waals surface area contributed by atoms with Gasteiger partial charge in [-0.05, 0) is 27.7 Å². The SMILES string of the molecule is CC1(C)O[C@@H]2[C@H](CO[C@@]3(CNO)OC(C)(C)O[C@H]23)O1. The topological polar surface area (TPSA) is 78.4 Å². The Morgan fingerprint density at radius 1 is 1.11 bits per heavy atom. The normalized spacial score (nSPS) is 46.9. The van der Waals surface area contributed by atoms with Crippen LogP contribution in [0.3, 0.4) is 0 Å². The molecule has 0 radical (unpaired) electrons. The van der Waals surface area contributed by atoms with Crippen LogP contribution in [0.5, 0.6) is 0 Å². The van der Waals surface area contributed by atoms with Gasteiger partial charge in [0.25, 0.3) is 0 Å². The van der Waals surface area contributed by atoms with E-state index in [-0.39, 0.29) is 18.8 Å². The van der Waals surface area contributed by atoms with Crippen LogP contribution in [0.1, 0.15) is 27.7 Å². The highest BCUT2D eigenvalue weighted by Crippen LogP contribution is 2.47. The van der Waals surface area contributed by atoms with E-state index in [1.165, 1.54) is 0 Å². The van der Waals surface area contributed by atoms with Crippen molar-refractivity contribution in [2.24, 2.45) is 0 Å². The van der Waals surface area contributed by atoms with Gasteiger partial charge in [-0.1, -0.05) is 0 Å². The first-order valence-electron chi connectivity index (χ1n) is 6.51. The maximum Gasteiger partial charge on any atom is 0.215 e. The van der Waals surface area contributed by atoms with Crippen molar-refractivity contribution in [2.75, 3.05) is 13.2 Å². The smallest absolute Gasteiger partial charge is 0.215 e. The average molecular weight is 275 g/mol. The molecule has 110 valence electrons. The molecule has 3 rings (SSSR count). The Bertz CT molecular complexity index is 373. The van der Waals surface area contributed by atoms with Gasteiger partial charge in [0.1, 0.15) is 18.3 Å². The molecule has 7 nitrogen and oxygen atoms in total. The number of nitrogens with one attached hydrogen (secondary N) is 1. The zero-order valence-corrected chi connectivity index (χ0v) is 11.6. The van der Waals surface area contributed by atoms with Gasteiger partial charge in [0.2, 0.25) is 5.79 Å². The van der Waals surface area contributed by atoms with Crippen LogP contribution in [-0.4, -0.2) is 54.0 Å². The Labute approximate surface area is 112 Å². The molecule has 4 atom stereocenters. The second-order valence-electron chi connectivity index (χ2n) is 6.14. The molecule has 3 heterocycles. The van der Waals surface area contributed by atoms with Crippen molar-refractivity contribution in [2.45, 2.75) is 63.4 Å². The minimum Gasteiger partial charge on any atom is -0.343 e. The molecule has 2 N–H and O–H groups in total. The largest absolute Gasteiger partial charge is 0.343 e. The van der Waals surface area contributed by atoms with Crippen LogP contribution in [0.4, 0.5) is 0 Å². The van der Waals surface area contributed by atoms with Gasteiger partial charge in [0, 0.05) is 0 Å². The van der Waals surface area contributed by atoms with Crippen molar-refractivity contribution in [1.82, 2.24) is 5.48 Å². The van der Waals surface area contributed by atoms with Crippen molar-refractivity contribution in [3.63, 3.8) is 0 Å². The van der Waals surface area contributed by atoms with Gasteiger partial charge in [0.05, 0.1) is 13.2 Å². The molecule has 0 aromatic heterocycles. The highest BCUT2D eigenvalue weighted by Gasteiger charge is 2.65. The molecule has 0 bridgehead atoms. The van der Waals surface area contributed by atoms with Crippen LogP contribution >= 0.6 is 0 Å². The molecule has 0 aliphatic carbocycles. The molecular weight excluding hydrogens is 254 g/mol. The van der Waals surface area contributed by atoms with E-state index in [4.69, 9.17) is 28.9 Å². The monoisotopic (exact) mass is 275 g/mol. The molecule has 7 heteroatoms. The fraction of sp³-hybridized carbons (Fsp3) is 1.00. The molecule has 0 unspecified atom stereocenters. The lowest BCUT2D eigenvalue weighted by Crippen LogP contribution is -2.62. The molecule has 3 aliphatic rings. The third kappa shape index (κ3) is 2.19. The number of hydrogen-bond acceptors (Lipinski definition) is 7. The zero-order chi connectivity index (χ0) is 13.9. The summed E-state index contributed by atoms with van der Waals surface area (Å²) in [4.78, 5) is 0. The van der Waals surface area contributed by atoms with Gasteiger partial charge in [-0.15, -0.1) is 0 Å². The summed E-state index contributed by atoms with van der Waals surface area (Å²) in [5.41, 5.74) is 2.11. The molecular formula is C12H21NO6. The molecule has 3 saturated heterocycles. The van der Waals surface area contributed by atoms with Crippen LogP contribution in [0, 0.1) is 0 Å². The number of hydrogen-bond donors (Lipinski definition) is 2. The minimum absolute atomic E-state index is 0.105. The minimum atomic E-state index is -1.05. The van der Waals surface area contributed by atoms with Crippen LogP contribution in [0.25, 0.3) is 0 Å². The summed E-state index contributed by atoms with van der Waals surface area (Å²) in [7, 11) is 0. The van der Waals surface area contributed by atoms with Crippen LogP contribution in [0.15, 0.2) is 0 Å². The first-order chi connectivity index (χ1) is 8.77. The molecule has 19 heavy (non-hydrogen) atoms. The van der Waals surface area contributed by atoms with E-state index in [2.05, 4.69) is 5.48 Å². The van der Waals surface area contributed by atoms with Gasteiger partial charge < -0.3 is 28.9 Å². The maximum absolute atomic E-state index is 9.04. The van der Waals surface area contributed by atoms with E-state index in [9.17, 15) is 0 Å². The summed E-state index contributed by atoms with van der Waals surface area (Å²) in [6.07, 6.45) is -0.925. The zero-order valence-electron chi connectivity index (χ0n) is 11.6. The fourth-order valence-corrected chi connectivity index (χ4v) is 3.09. The van der Waals surface area contributed by atoms with Gasteiger partial charge in [-0.3, -0.25) is 0 Å².